The maximum Gasteiger partial charge on any atom is 0.305 e. The Morgan fingerprint density at radius 2 is 2.00 bits per heavy atom. The van der Waals surface area contributed by atoms with E-state index in [2.05, 4.69) is 45.4 Å². The van der Waals surface area contributed by atoms with Crippen molar-refractivity contribution in [3.05, 3.63) is 11.1 Å². The Balaban J connectivity index is 2.31. The molecule has 0 aromatic rings. The van der Waals surface area contributed by atoms with Crippen LogP contribution in [-0.4, -0.2) is 4.36 Å². The number of halogens is 2. The van der Waals surface area contributed by atoms with Crippen LogP contribution in [0.15, 0.2) is 11.1 Å². The van der Waals surface area contributed by atoms with Gasteiger partial charge >= 0.3 is 4.36 Å². The minimum absolute atomic E-state index is 0.498. The second-order valence-electron chi connectivity index (χ2n) is 5.06. The van der Waals surface area contributed by atoms with Gasteiger partial charge in [-0.15, -0.1) is 31.5 Å². The molecule has 78 valence electrons. The van der Waals surface area contributed by atoms with E-state index in [4.69, 9.17) is 0 Å². The van der Waals surface area contributed by atoms with Crippen LogP contribution < -0.4 is 0 Å². The Morgan fingerprint density at radius 1 is 1.29 bits per heavy atom. The normalized spacial score (nSPS) is 37.3. The van der Waals surface area contributed by atoms with Gasteiger partial charge in [-0.05, 0) is 37.9 Å². The molecule has 0 nitrogen and oxygen atoms in total. The fraction of sp³-hybridized carbons (Fsp3) is 0.818. The molecule has 14 heavy (non-hydrogen) atoms. The van der Waals surface area contributed by atoms with Crippen molar-refractivity contribution in [2.45, 2.75) is 51.3 Å². The summed E-state index contributed by atoms with van der Waals surface area (Å²) in [4.78, 5) is 0. The monoisotopic (exact) mass is 318 g/mol. The van der Waals surface area contributed by atoms with Crippen LogP contribution in [0.5, 0.6) is 0 Å². The number of hydrogen-bond acceptors (Lipinski definition) is 0. The van der Waals surface area contributed by atoms with E-state index in [1.54, 1.807) is 11.1 Å². The van der Waals surface area contributed by atoms with Gasteiger partial charge in [0.05, 0.1) is 0 Å². The van der Waals surface area contributed by atoms with Crippen molar-refractivity contribution >= 4 is 35.9 Å². The zero-order chi connectivity index (χ0) is 10.3. The van der Waals surface area contributed by atoms with Gasteiger partial charge in [0, 0.05) is 0 Å². The molecule has 0 aromatic heterocycles. The topological polar surface area (TPSA) is 0 Å². The third-order valence-corrected chi connectivity index (χ3v) is 6.14. The van der Waals surface area contributed by atoms with E-state index < -0.39 is 0 Å². The lowest BCUT2D eigenvalue weighted by atomic mass is 9.54. The molecule has 2 aliphatic carbocycles. The zero-order valence-electron chi connectivity index (χ0n) is 8.95. The van der Waals surface area contributed by atoms with Gasteiger partial charge in [0.25, 0.3) is 0 Å². The van der Waals surface area contributed by atoms with Crippen molar-refractivity contribution in [3.63, 3.8) is 0 Å². The van der Waals surface area contributed by atoms with Gasteiger partial charge in [-0.3, -0.25) is 0 Å². The molecule has 0 heterocycles. The Labute approximate surface area is 104 Å². The molecule has 0 saturated heterocycles. The molecule has 2 atom stereocenters. The molecule has 0 unspecified atom stereocenters. The molecule has 0 bridgehead atoms. The second-order valence-corrected chi connectivity index (χ2v) is 8.12. The average molecular weight is 320 g/mol. The number of hydrogen-bond donors (Lipinski definition) is 0. The highest BCUT2D eigenvalue weighted by Crippen LogP contribution is 2.62. The maximum atomic E-state index is 3.78. The van der Waals surface area contributed by atoms with Crippen molar-refractivity contribution in [1.82, 2.24) is 0 Å². The average Bonchev–Trinajstić information content (AvgIpc) is 2.49. The van der Waals surface area contributed by atoms with Crippen LogP contribution >= 0.6 is 31.5 Å². The molecule has 0 N–H and O–H groups in total. The summed E-state index contributed by atoms with van der Waals surface area (Å²) in [6.45, 7) is 4.63. The molecule has 0 aliphatic heterocycles. The van der Waals surface area contributed by atoms with E-state index in [1.807, 2.05) is 0 Å². The highest BCUT2D eigenvalue weighted by atomic mass is 79.9. The minimum atomic E-state index is 0.498. The quantitative estimate of drug-likeness (QED) is 0.474. The summed E-state index contributed by atoms with van der Waals surface area (Å²) in [5.74, 6) is 0.912. The predicted molar refractivity (Wildman–Crippen MR) is 71.3 cm³/mol. The molecular formula is C11H17BBr2. The lowest BCUT2D eigenvalue weighted by Crippen LogP contribution is -2.31. The fourth-order valence-electron chi connectivity index (χ4n) is 3.26. The van der Waals surface area contributed by atoms with Gasteiger partial charge in [-0.1, -0.05) is 30.4 Å². The number of rotatable bonds is 1. The summed E-state index contributed by atoms with van der Waals surface area (Å²) in [7, 11) is 0. The van der Waals surface area contributed by atoms with E-state index in [-0.39, 0.29) is 0 Å². The molecule has 1 fully saturated rings. The van der Waals surface area contributed by atoms with E-state index in [9.17, 15) is 0 Å². The standard InChI is InChI=1S/C11H17BBr2/c1-8-6-10-4-3-5-11(10,12(13)14)7-9(8)2/h10H,3-7H2,1-2H3/t10-,11-/m0/s1. The third kappa shape index (κ3) is 1.65. The van der Waals surface area contributed by atoms with Gasteiger partial charge in [-0.2, -0.15) is 0 Å². The second kappa shape index (κ2) is 3.97. The van der Waals surface area contributed by atoms with E-state index in [0.29, 0.717) is 9.68 Å². The summed E-state index contributed by atoms with van der Waals surface area (Å²) in [5.41, 5.74) is 3.28. The first-order chi connectivity index (χ1) is 6.56. The Kier molecular flexibility index (Phi) is 3.19. The van der Waals surface area contributed by atoms with Gasteiger partial charge in [-0.25, -0.2) is 0 Å². The van der Waals surface area contributed by atoms with Crippen LogP contribution in [0.1, 0.15) is 46.0 Å². The van der Waals surface area contributed by atoms with E-state index in [1.165, 1.54) is 32.1 Å². The Bertz CT molecular complexity index is 272. The number of allylic oxidation sites excluding steroid dienone is 2. The first kappa shape index (κ1) is 11.3. The van der Waals surface area contributed by atoms with Crippen LogP contribution in [0.3, 0.4) is 0 Å². The SMILES string of the molecule is CC1=C(C)C[C@@]2(B(Br)Br)CCC[C@H]2C1. The van der Waals surface area contributed by atoms with Crippen molar-refractivity contribution in [2.75, 3.05) is 0 Å². The van der Waals surface area contributed by atoms with Crippen molar-refractivity contribution < 1.29 is 0 Å². The highest BCUT2D eigenvalue weighted by Gasteiger charge is 2.50. The van der Waals surface area contributed by atoms with Gasteiger partial charge in [0.1, 0.15) is 0 Å². The maximum absolute atomic E-state index is 3.78. The van der Waals surface area contributed by atoms with Crippen molar-refractivity contribution in [2.24, 2.45) is 5.92 Å². The first-order valence-corrected chi connectivity index (χ1v) is 7.33. The smallest absolute Gasteiger partial charge is 0.139 e. The van der Waals surface area contributed by atoms with Gasteiger partial charge in [0.15, 0.2) is 0 Å². The summed E-state index contributed by atoms with van der Waals surface area (Å²) >= 11 is 7.55. The molecule has 0 spiro atoms. The first-order valence-electron chi connectivity index (χ1n) is 5.49. The lowest BCUT2D eigenvalue weighted by Gasteiger charge is -2.41. The molecule has 1 saturated carbocycles. The fourth-order valence-corrected chi connectivity index (χ4v) is 4.79. The Hall–Kier alpha value is 0.765. The predicted octanol–water partition coefficient (Wildman–Crippen LogP) is 4.94. The van der Waals surface area contributed by atoms with Crippen LogP contribution in [0.25, 0.3) is 0 Å². The zero-order valence-corrected chi connectivity index (χ0v) is 12.1. The van der Waals surface area contributed by atoms with Crippen molar-refractivity contribution in [3.8, 4) is 0 Å². The number of fused-ring (bicyclic) bond motifs is 1. The largest absolute Gasteiger partial charge is 0.305 e. The molecule has 2 rings (SSSR count). The summed E-state index contributed by atoms with van der Waals surface area (Å²) in [6.07, 6.45) is 6.87. The van der Waals surface area contributed by atoms with E-state index >= 15 is 0 Å². The van der Waals surface area contributed by atoms with Crippen molar-refractivity contribution in [1.29, 1.82) is 0 Å². The summed E-state index contributed by atoms with van der Waals surface area (Å²) in [5, 5.41) is 0.517. The van der Waals surface area contributed by atoms with Crippen LogP contribution in [-0.2, 0) is 0 Å². The minimum Gasteiger partial charge on any atom is -0.139 e. The molecule has 2 aliphatic rings. The van der Waals surface area contributed by atoms with Crippen LogP contribution in [0.4, 0.5) is 0 Å². The summed E-state index contributed by atoms with van der Waals surface area (Å²) < 4.78 is 0.498. The Morgan fingerprint density at radius 3 is 2.64 bits per heavy atom. The summed E-state index contributed by atoms with van der Waals surface area (Å²) in [6, 6.07) is 0. The molecular weight excluding hydrogens is 303 g/mol. The molecule has 0 aromatic carbocycles. The van der Waals surface area contributed by atoms with E-state index in [0.717, 1.165) is 5.92 Å². The van der Waals surface area contributed by atoms with Crippen LogP contribution in [0, 0.1) is 5.92 Å². The highest BCUT2D eigenvalue weighted by molar-refractivity contribution is 9.49. The molecule has 3 heteroatoms. The third-order valence-electron chi connectivity index (χ3n) is 4.32. The van der Waals surface area contributed by atoms with Crippen LogP contribution in [0.2, 0.25) is 5.31 Å². The lowest BCUT2D eigenvalue weighted by molar-refractivity contribution is 0.378. The van der Waals surface area contributed by atoms with Gasteiger partial charge < -0.3 is 0 Å². The molecule has 0 radical (unpaired) electrons. The molecule has 0 amide bonds. The van der Waals surface area contributed by atoms with Gasteiger partial charge in [0.2, 0.25) is 0 Å².